The van der Waals surface area contributed by atoms with Gasteiger partial charge in [-0.3, -0.25) is 14.2 Å². The van der Waals surface area contributed by atoms with Crippen LogP contribution in [0.25, 0.3) is 21.8 Å². The minimum Gasteiger partial charge on any atom is -0.361 e. The standard InChI is InChI=1S/C24H20N4O2S/c29-23(14-28-15-27-21-9-4-2-7-17(21)24(28)30)26-13-19(22-10-5-11-31-22)18-12-25-20-8-3-1-6-16(18)20/h1-12,15,19,25H,13-14H2,(H,26,29). The second-order valence-corrected chi connectivity index (χ2v) is 8.34. The summed E-state index contributed by atoms with van der Waals surface area (Å²) in [7, 11) is 0. The molecule has 0 fully saturated rings. The monoisotopic (exact) mass is 428 g/mol. The summed E-state index contributed by atoms with van der Waals surface area (Å²) in [6, 6.07) is 19.4. The zero-order chi connectivity index (χ0) is 21.2. The minimum atomic E-state index is -0.222. The first-order chi connectivity index (χ1) is 15.2. The quantitative estimate of drug-likeness (QED) is 0.431. The summed E-state index contributed by atoms with van der Waals surface area (Å²) in [6.07, 6.45) is 3.44. The topological polar surface area (TPSA) is 79.8 Å². The van der Waals surface area contributed by atoms with E-state index >= 15 is 0 Å². The molecule has 1 unspecified atom stereocenters. The van der Waals surface area contributed by atoms with Crippen molar-refractivity contribution in [1.82, 2.24) is 19.9 Å². The predicted molar refractivity (Wildman–Crippen MR) is 123 cm³/mol. The van der Waals surface area contributed by atoms with Crippen LogP contribution in [0, 0.1) is 0 Å². The van der Waals surface area contributed by atoms with Gasteiger partial charge < -0.3 is 10.3 Å². The van der Waals surface area contributed by atoms with Gasteiger partial charge in [-0.25, -0.2) is 4.98 Å². The number of fused-ring (bicyclic) bond motifs is 2. The highest BCUT2D eigenvalue weighted by Crippen LogP contribution is 2.32. The van der Waals surface area contributed by atoms with E-state index in [0.29, 0.717) is 17.4 Å². The third-order valence-electron chi connectivity index (χ3n) is 5.43. The normalized spacial score (nSPS) is 12.3. The molecule has 0 spiro atoms. The molecule has 1 amide bonds. The molecular formula is C24H20N4O2S. The molecule has 0 saturated heterocycles. The molecule has 3 heterocycles. The van der Waals surface area contributed by atoms with Crippen LogP contribution < -0.4 is 10.9 Å². The summed E-state index contributed by atoms with van der Waals surface area (Å²) in [5.74, 6) is -0.202. The number of rotatable bonds is 6. The fourth-order valence-electron chi connectivity index (χ4n) is 3.88. The van der Waals surface area contributed by atoms with Gasteiger partial charge >= 0.3 is 0 Å². The van der Waals surface area contributed by atoms with Gasteiger partial charge in [0.15, 0.2) is 0 Å². The lowest BCUT2D eigenvalue weighted by Gasteiger charge is -2.16. The van der Waals surface area contributed by atoms with Gasteiger partial charge in [0.05, 0.1) is 17.2 Å². The average molecular weight is 429 g/mol. The summed E-state index contributed by atoms with van der Waals surface area (Å²) >= 11 is 1.67. The number of carbonyl (C=O) groups is 1. The fourth-order valence-corrected chi connectivity index (χ4v) is 4.73. The number of aromatic amines is 1. The van der Waals surface area contributed by atoms with Gasteiger partial charge in [0.25, 0.3) is 5.56 Å². The van der Waals surface area contributed by atoms with E-state index in [-0.39, 0.29) is 23.9 Å². The van der Waals surface area contributed by atoms with Crippen LogP contribution in [0.2, 0.25) is 0 Å². The van der Waals surface area contributed by atoms with E-state index in [0.717, 1.165) is 16.5 Å². The zero-order valence-electron chi connectivity index (χ0n) is 16.6. The largest absolute Gasteiger partial charge is 0.361 e. The lowest BCUT2D eigenvalue weighted by molar-refractivity contribution is -0.121. The third-order valence-corrected chi connectivity index (χ3v) is 6.42. The molecule has 5 rings (SSSR count). The molecule has 5 aromatic rings. The Morgan fingerprint density at radius 1 is 1.06 bits per heavy atom. The number of hydrogen-bond donors (Lipinski definition) is 2. The van der Waals surface area contributed by atoms with E-state index in [2.05, 4.69) is 27.4 Å². The zero-order valence-corrected chi connectivity index (χ0v) is 17.4. The second kappa shape index (κ2) is 8.20. The van der Waals surface area contributed by atoms with Crippen LogP contribution in [0.5, 0.6) is 0 Å². The number of hydrogen-bond acceptors (Lipinski definition) is 4. The number of aromatic nitrogens is 3. The Hall–Kier alpha value is -3.71. The van der Waals surface area contributed by atoms with E-state index in [1.807, 2.05) is 41.9 Å². The number of para-hydroxylation sites is 2. The van der Waals surface area contributed by atoms with Gasteiger partial charge in [0.1, 0.15) is 6.54 Å². The summed E-state index contributed by atoms with van der Waals surface area (Å²) in [4.78, 5) is 34.2. The van der Waals surface area contributed by atoms with Crippen molar-refractivity contribution in [1.29, 1.82) is 0 Å². The fraction of sp³-hybridized carbons (Fsp3) is 0.125. The molecule has 1 atom stereocenters. The molecule has 2 aromatic carbocycles. The van der Waals surface area contributed by atoms with Crippen molar-refractivity contribution in [2.24, 2.45) is 0 Å². The Morgan fingerprint density at radius 2 is 1.87 bits per heavy atom. The van der Waals surface area contributed by atoms with Crippen LogP contribution in [-0.4, -0.2) is 27.0 Å². The molecule has 0 radical (unpaired) electrons. The van der Waals surface area contributed by atoms with Gasteiger partial charge in [0, 0.05) is 34.4 Å². The Labute approximate surface area is 182 Å². The van der Waals surface area contributed by atoms with Gasteiger partial charge in [-0.2, -0.15) is 0 Å². The summed E-state index contributed by atoms with van der Waals surface area (Å²) in [5.41, 5.74) is 2.62. The molecule has 3 aromatic heterocycles. The first-order valence-corrected chi connectivity index (χ1v) is 10.9. The molecule has 0 bridgehead atoms. The number of amides is 1. The number of nitrogens with zero attached hydrogens (tertiary/aromatic N) is 2. The molecule has 0 saturated carbocycles. The van der Waals surface area contributed by atoms with Crippen LogP contribution in [0.3, 0.4) is 0 Å². The molecule has 154 valence electrons. The first-order valence-electron chi connectivity index (χ1n) is 10.0. The van der Waals surface area contributed by atoms with E-state index < -0.39 is 0 Å². The highest BCUT2D eigenvalue weighted by atomic mass is 32.1. The smallest absolute Gasteiger partial charge is 0.261 e. The van der Waals surface area contributed by atoms with Gasteiger partial charge in [0.2, 0.25) is 5.91 Å². The maximum Gasteiger partial charge on any atom is 0.261 e. The summed E-state index contributed by atoms with van der Waals surface area (Å²) in [5, 5.41) is 6.71. The van der Waals surface area contributed by atoms with Crippen molar-refractivity contribution < 1.29 is 4.79 Å². The van der Waals surface area contributed by atoms with Crippen LogP contribution in [0.4, 0.5) is 0 Å². The Bertz CT molecular complexity index is 1420. The molecule has 7 heteroatoms. The van der Waals surface area contributed by atoms with Crippen molar-refractivity contribution in [3.63, 3.8) is 0 Å². The number of nitrogens with one attached hydrogen (secondary N) is 2. The van der Waals surface area contributed by atoms with Crippen LogP contribution in [-0.2, 0) is 11.3 Å². The lowest BCUT2D eigenvalue weighted by Crippen LogP contribution is -2.34. The lowest BCUT2D eigenvalue weighted by atomic mass is 9.96. The summed E-state index contributed by atoms with van der Waals surface area (Å²) in [6.45, 7) is 0.374. The predicted octanol–water partition coefficient (Wildman–Crippen LogP) is 3.89. The van der Waals surface area contributed by atoms with Gasteiger partial charge in [-0.05, 0) is 35.2 Å². The van der Waals surface area contributed by atoms with Gasteiger partial charge in [-0.15, -0.1) is 11.3 Å². The summed E-state index contributed by atoms with van der Waals surface area (Å²) < 4.78 is 1.35. The van der Waals surface area contributed by atoms with Crippen molar-refractivity contribution in [3.8, 4) is 0 Å². The van der Waals surface area contributed by atoms with Crippen LogP contribution >= 0.6 is 11.3 Å². The number of carbonyl (C=O) groups excluding carboxylic acids is 1. The van der Waals surface area contributed by atoms with Crippen molar-refractivity contribution in [3.05, 3.63) is 99.4 Å². The van der Waals surface area contributed by atoms with E-state index in [1.54, 1.807) is 29.5 Å². The van der Waals surface area contributed by atoms with Crippen LogP contribution in [0.15, 0.2) is 83.4 Å². The van der Waals surface area contributed by atoms with Crippen LogP contribution in [0.1, 0.15) is 16.4 Å². The van der Waals surface area contributed by atoms with Crippen molar-refractivity contribution in [2.45, 2.75) is 12.5 Å². The molecule has 6 nitrogen and oxygen atoms in total. The molecule has 0 aliphatic rings. The SMILES string of the molecule is O=C(Cn1cnc2ccccc2c1=O)NCC(c1cccs1)c1c[nH]c2ccccc12. The van der Waals surface area contributed by atoms with Crippen molar-refractivity contribution in [2.75, 3.05) is 6.54 Å². The molecular weight excluding hydrogens is 408 g/mol. The number of H-pyrrole nitrogens is 1. The van der Waals surface area contributed by atoms with E-state index in [4.69, 9.17) is 0 Å². The molecule has 0 aliphatic carbocycles. The maximum atomic E-state index is 12.7. The van der Waals surface area contributed by atoms with Gasteiger partial charge in [-0.1, -0.05) is 36.4 Å². The van der Waals surface area contributed by atoms with Crippen molar-refractivity contribution >= 4 is 39.0 Å². The minimum absolute atomic E-state index is 0.0200. The average Bonchev–Trinajstić information content (AvgIpc) is 3.47. The Balaban J connectivity index is 1.37. The number of benzene rings is 2. The molecule has 0 aliphatic heterocycles. The third kappa shape index (κ3) is 3.75. The Kier molecular flexibility index (Phi) is 5.09. The molecule has 2 N–H and O–H groups in total. The first kappa shape index (κ1) is 19.3. The second-order valence-electron chi connectivity index (χ2n) is 7.36. The highest BCUT2D eigenvalue weighted by molar-refractivity contribution is 7.10. The number of thiophene rings is 1. The van der Waals surface area contributed by atoms with E-state index in [1.165, 1.54) is 15.8 Å². The highest BCUT2D eigenvalue weighted by Gasteiger charge is 2.20. The molecule has 31 heavy (non-hydrogen) atoms. The maximum absolute atomic E-state index is 12.7. The Morgan fingerprint density at radius 3 is 2.71 bits per heavy atom. The van der Waals surface area contributed by atoms with E-state index in [9.17, 15) is 9.59 Å².